The van der Waals surface area contributed by atoms with Gasteiger partial charge in [0, 0.05) is 18.1 Å². The quantitative estimate of drug-likeness (QED) is 0.774. The van der Waals surface area contributed by atoms with Gasteiger partial charge in [0.25, 0.3) is 0 Å². The number of nitrogens with two attached hydrogens (primary N) is 1. The van der Waals surface area contributed by atoms with Crippen molar-refractivity contribution in [1.82, 2.24) is 4.72 Å². The van der Waals surface area contributed by atoms with Crippen molar-refractivity contribution in [2.24, 2.45) is 0 Å². The van der Waals surface area contributed by atoms with Crippen LogP contribution in [0.2, 0.25) is 0 Å². The van der Waals surface area contributed by atoms with E-state index in [0.29, 0.717) is 5.75 Å². The van der Waals surface area contributed by atoms with E-state index in [1.165, 1.54) is 12.1 Å². The number of anilines is 1. The number of sulfonamides is 1. The maximum absolute atomic E-state index is 12.3. The van der Waals surface area contributed by atoms with E-state index >= 15 is 0 Å². The highest BCUT2D eigenvalue weighted by atomic mass is 32.2. The standard InChI is InChI=1S/C11H16N2O4S3/c1-19(14,15)9-2-3-10(12)11(6-9)20(16,17)13-8-4-5-18-7-8/h2-3,6,8,13H,4-5,7,12H2,1H3. The Kier molecular flexibility index (Phi) is 4.33. The lowest BCUT2D eigenvalue weighted by Gasteiger charge is -2.14. The van der Waals surface area contributed by atoms with E-state index in [2.05, 4.69) is 4.72 Å². The summed E-state index contributed by atoms with van der Waals surface area (Å²) < 4.78 is 50.2. The van der Waals surface area contributed by atoms with Crippen molar-refractivity contribution in [2.45, 2.75) is 22.3 Å². The Hall–Kier alpha value is -0.770. The number of sulfone groups is 1. The Morgan fingerprint density at radius 2 is 2.00 bits per heavy atom. The molecule has 9 heteroatoms. The molecule has 0 spiro atoms. The summed E-state index contributed by atoms with van der Waals surface area (Å²) in [6.07, 6.45) is 1.78. The number of nitrogen functional groups attached to an aromatic ring is 1. The summed E-state index contributed by atoms with van der Waals surface area (Å²) in [6.45, 7) is 0. The summed E-state index contributed by atoms with van der Waals surface area (Å²) in [7, 11) is -7.29. The average Bonchev–Trinajstić information content (AvgIpc) is 2.79. The minimum absolute atomic E-state index is 0.0375. The molecule has 1 aromatic rings. The van der Waals surface area contributed by atoms with Crippen LogP contribution < -0.4 is 10.5 Å². The minimum Gasteiger partial charge on any atom is -0.398 e. The van der Waals surface area contributed by atoms with Crippen LogP contribution in [0.15, 0.2) is 28.0 Å². The fraction of sp³-hybridized carbons (Fsp3) is 0.455. The Balaban J connectivity index is 2.40. The second-order valence-electron chi connectivity index (χ2n) is 4.65. The summed E-state index contributed by atoms with van der Waals surface area (Å²) in [6, 6.07) is 3.57. The molecule has 1 aliphatic rings. The zero-order chi connectivity index (χ0) is 15.0. The van der Waals surface area contributed by atoms with Gasteiger partial charge < -0.3 is 5.73 Å². The highest BCUT2D eigenvalue weighted by Crippen LogP contribution is 2.25. The van der Waals surface area contributed by atoms with Crippen LogP contribution in [-0.4, -0.2) is 40.6 Å². The molecule has 0 bridgehead atoms. The van der Waals surface area contributed by atoms with E-state index in [-0.39, 0.29) is 21.5 Å². The molecule has 2 rings (SSSR count). The van der Waals surface area contributed by atoms with Crippen LogP contribution >= 0.6 is 11.8 Å². The smallest absolute Gasteiger partial charge is 0.242 e. The molecule has 1 atom stereocenters. The number of hydrogen-bond acceptors (Lipinski definition) is 6. The van der Waals surface area contributed by atoms with E-state index in [9.17, 15) is 16.8 Å². The van der Waals surface area contributed by atoms with Crippen molar-refractivity contribution in [3.05, 3.63) is 18.2 Å². The van der Waals surface area contributed by atoms with Gasteiger partial charge in [-0.1, -0.05) is 0 Å². The van der Waals surface area contributed by atoms with Crippen LogP contribution in [0.1, 0.15) is 6.42 Å². The molecule has 0 saturated carbocycles. The predicted molar refractivity (Wildman–Crippen MR) is 80.0 cm³/mol. The summed E-state index contributed by atoms with van der Waals surface area (Å²) in [4.78, 5) is -0.245. The number of benzene rings is 1. The van der Waals surface area contributed by atoms with Gasteiger partial charge in [0.05, 0.1) is 10.6 Å². The largest absolute Gasteiger partial charge is 0.398 e. The maximum atomic E-state index is 12.3. The van der Waals surface area contributed by atoms with E-state index in [4.69, 9.17) is 5.73 Å². The van der Waals surface area contributed by atoms with E-state index in [0.717, 1.165) is 24.5 Å². The third-order valence-electron chi connectivity index (χ3n) is 2.95. The number of hydrogen-bond donors (Lipinski definition) is 2. The number of thioether (sulfide) groups is 1. The van der Waals surface area contributed by atoms with Gasteiger partial charge in [-0.15, -0.1) is 0 Å². The van der Waals surface area contributed by atoms with Crippen molar-refractivity contribution in [2.75, 3.05) is 23.5 Å². The van der Waals surface area contributed by atoms with Crippen LogP contribution in [0.25, 0.3) is 0 Å². The SMILES string of the molecule is CS(=O)(=O)c1ccc(N)c(S(=O)(=O)NC2CCSC2)c1. The first-order valence-electron chi connectivity index (χ1n) is 5.90. The summed E-state index contributed by atoms with van der Waals surface area (Å²) in [5.41, 5.74) is 5.71. The average molecular weight is 336 g/mol. The van der Waals surface area contributed by atoms with E-state index < -0.39 is 19.9 Å². The third-order valence-corrected chi connectivity index (χ3v) is 6.80. The highest BCUT2D eigenvalue weighted by molar-refractivity contribution is 7.99. The molecule has 1 aliphatic heterocycles. The van der Waals surface area contributed by atoms with Gasteiger partial charge in [-0.2, -0.15) is 11.8 Å². The molecular formula is C11H16N2O4S3. The van der Waals surface area contributed by atoms with Crippen LogP contribution in [-0.2, 0) is 19.9 Å². The highest BCUT2D eigenvalue weighted by Gasteiger charge is 2.26. The van der Waals surface area contributed by atoms with Crippen LogP contribution in [0, 0.1) is 0 Å². The van der Waals surface area contributed by atoms with Crippen molar-refractivity contribution in [1.29, 1.82) is 0 Å². The molecule has 1 aromatic carbocycles. The van der Waals surface area contributed by atoms with Crippen LogP contribution in [0.5, 0.6) is 0 Å². The summed E-state index contributed by atoms with van der Waals surface area (Å²) >= 11 is 1.68. The minimum atomic E-state index is -3.81. The first-order valence-corrected chi connectivity index (χ1v) is 10.4. The zero-order valence-electron chi connectivity index (χ0n) is 10.9. The van der Waals surface area contributed by atoms with Gasteiger partial charge in [-0.25, -0.2) is 21.6 Å². The molecule has 0 aliphatic carbocycles. The molecule has 1 saturated heterocycles. The van der Waals surface area contributed by atoms with Crippen molar-refractivity contribution in [3.8, 4) is 0 Å². The second kappa shape index (κ2) is 5.55. The molecular weight excluding hydrogens is 320 g/mol. The van der Waals surface area contributed by atoms with E-state index in [1.807, 2.05) is 0 Å². The van der Waals surface area contributed by atoms with Crippen molar-refractivity contribution >= 4 is 37.3 Å². The summed E-state index contributed by atoms with van der Waals surface area (Å²) in [5.74, 6) is 1.62. The predicted octanol–water partition coefficient (Wildman–Crippen LogP) is 0.456. The fourth-order valence-corrected chi connectivity index (χ4v) is 5.30. The van der Waals surface area contributed by atoms with Crippen LogP contribution in [0.4, 0.5) is 5.69 Å². The lowest BCUT2D eigenvalue weighted by molar-refractivity contribution is 0.563. The van der Waals surface area contributed by atoms with Gasteiger partial charge in [0.1, 0.15) is 4.90 Å². The Morgan fingerprint density at radius 3 is 2.55 bits per heavy atom. The normalized spacial score (nSPS) is 20.1. The molecule has 1 fully saturated rings. The van der Waals surface area contributed by atoms with Crippen molar-refractivity contribution in [3.63, 3.8) is 0 Å². The molecule has 112 valence electrons. The summed E-state index contributed by atoms with van der Waals surface area (Å²) in [5, 5.41) is 0. The second-order valence-corrected chi connectivity index (χ2v) is 9.50. The molecule has 6 nitrogen and oxygen atoms in total. The zero-order valence-corrected chi connectivity index (χ0v) is 13.3. The molecule has 1 unspecified atom stereocenters. The first-order chi connectivity index (χ1) is 9.20. The molecule has 0 radical (unpaired) electrons. The monoisotopic (exact) mass is 336 g/mol. The molecule has 20 heavy (non-hydrogen) atoms. The Bertz CT molecular complexity index is 707. The topological polar surface area (TPSA) is 106 Å². The third kappa shape index (κ3) is 3.46. The molecule has 3 N–H and O–H groups in total. The van der Waals surface area contributed by atoms with Crippen molar-refractivity contribution < 1.29 is 16.8 Å². The number of rotatable bonds is 4. The van der Waals surface area contributed by atoms with Gasteiger partial charge in [0.2, 0.25) is 10.0 Å². The molecule has 0 aromatic heterocycles. The maximum Gasteiger partial charge on any atom is 0.242 e. The Morgan fingerprint density at radius 1 is 1.30 bits per heavy atom. The first kappa shape index (κ1) is 15.6. The molecule has 0 amide bonds. The lowest BCUT2D eigenvalue weighted by atomic mass is 10.3. The molecule has 1 heterocycles. The van der Waals surface area contributed by atoms with Gasteiger partial charge in [-0.05, 0) is 30.4 Å². The van der Waals surface area contributed by atoms with Gasteiger partial charge in [0.15, 0.2) is 9.84 Å². The van der Waals surface area contributed by atoms with Crippen LogP contribution in [0.3, 0.4) is 0 Å². The number of nitrogens with one attached hydrogen (secondary N) is 1. The lowest BCUT2D eigenvalue weighted by Crippen LogP contribution is -2.35. The van der Waals surface area contributed by atoms with Gasteiger partial charge >= 0.3 is 0 Å². The Labute approximate surface area is 123 Å². The van der Waals surface area contributed by atoms with E-state index in [1.54, 1.807) is 11.8 Å². The fourth-order valence-electron chi connectivity index (χ4n) is 1.89. The van der Waals surface area contributed by atoms with Gasteiger partial charge in [-0.3, -0.25) is 0 Å².